The van der Waals surface area contributed by atoms with Crippen LogP contribution in [0.15, 0.2) is 30.3 Å². The smallest absolute Gasteiger partial charge is 0.0681 e. The summed E-state index contributed by atoms with van der Waals surface area (Å²) in [5.41, 5.74) is 0.849. The van der Waals surface area contributed by atoms with Gasteiger partial charge in [0.25, 0.3) is 0 Å². The maximum atomic E-state index is 8.58. The molecule has 0 aliphatic rings. The second-order valence-electron chi connectivity index (χ2n) is 4.12. The molecule has 2 N–H and O–H groups in total. The first-order valence-corrected chi connectivity index (χ1v) is 5.92. The third kappa shape index (κ3) is 7.10. The van der Waals surface area contributed by atoms with E-state index in [9.17, 15) is 0 Å². The Balaban J connectivity index is 0.000000302. The van der Waals surface area contributed by atoms with E-state index in [1.165, 1.54) is 0 Å². The van der Waals surface area contributed by atoms with Crippen molar-refractivity contribution >= 4 is 0 Å². The summed E-state index contributed by atoms with van der Waals surface area (Å²) in [4.78, 5) is 0. The van der Waals surface area contributed by atoms with Gasteiger partial charge in [0.1, 0.15) is 0 Å². The molecule has 1 atom stereocenters. The first-order chi connectivity index (χ1) is 8.11. The van der Waals surface area contributed by atoms with Crippen LogP contribution in [0.1, 0.15) is 32.3 Å². The molecule has 0 radical (unpaired) electrons. The second-order valence-corrected chi connectivity index (χ2v) is 4.12. The monoisotopic (exact) mass is 240 g/mol. The van der Waals surface area contributed by atoms with E-state index in [0.29, 0.717) is 0 Å². The molecule has 1 rings (SSSR count). The molecule has 17 heavy (non-hydrogen) atoms. The normalized spacial score (nSPS) is 13.5. The van der Waals surface area contributed by atoms with Crippen LogP contribution in [0.4, 0.5) is 0 Å². The van der Waals surface area contributed by atoms with Crippen molar-refractivity contribution in [3.8, 4) is 0 Å². The lowest BCUT2D eigenvalue weighted by atomic mass is 10.00. The number of hydrogen-bond donors (Lipinski definition) is 2. The van der Waals surface area contributed by atoms with Crippen molar-refractivity contribution < 1.29 is 14.9 Å². The molecule has 0 fully saturated rings. The predicted octanol–water partition coefficient (Wildman–Crippen LogP) is 2.36. The van der Waals surface area contributed by atoms with E-state index in [0.717, 1.165) is 18.4 Å². The summed E-state index contributed by atoms with van der Waals surface area (Å²) < 4.78 is 5.17. The van der Waals surface area contributed by atoms with E-state index in [4.69, 9.17) is 14.9 Å². The van der Waals surface area contributed by atoms with E-state index >= 15 is 0 Å². The standard InChI is InChI=1S/C7H16O2.C7H8O/c1-4-7(2,9-3)5-6-8;8-6-7-4-2-1-3-5-7/h8H,4-6H2,1-3H3;1-5,8H,6H2. The van der Waals surface area contributed by atoms with Gasteiger partial charge in [0.15, 0.2) is 0 Å². The molecule has 0 aromatic heterocycles. The summed E-state index contributed by atoms with van der Waals surface area (Å²) in [6, 6.07) is 9.52. The highest BCUT2D eigenvalue weighted by Gasteiger charge is 2.19. The molecule has 3 nitrogen and oxygen atoms in total. The average molecular weight is 240 g/mol. The van der Waals surface area contributed by atoms with Crippen LogP contribution < -0.4 is 0 Å². The Bertz CT molecular complexity index is 268. The van der Waals surface area contributed by atoms with Gasteiger partial charge >= 0.3 is 0 Å². The predicted molar refractivity (Wildman–Crippen MR) is 69.8 cm³/mol. The molecule has 1 unspecified atom stereocenters. The molecule has 1 aromatic rings. The zero-order valence-electron chi connectivity index (χ0n) is 11.0. The van der Waals surface area contributed by atoms with Gasteiger partial charge in [-0.05, 0) is 25.3 Å². The summed E-state index contributed by atoms with van der Waals surface area (Å²) in [6.07, 6.45) is 1.67. The Morgan fingerprint density at radius 1 is 1.18 bits per heavy atom. The number of aliphatic hydroxyl groups is 2. The Morgan fingerprint density at radius 2 is 1.76 bits per heavy atom. The van der Waals surface area contributed by atoms with Crippen LogP contribution in [0.5, 0.6) is 0 Å². The molecule has 0 bridgehead atoms. The fourth-order valence-electron chi connectivity index (χ4n) is 1.24. The van der Waals surface area contributed by atoms with Crippen molar-refractivity contribution in [3.05, 3.63) is 35.9 Å². The molecular weight excluding hydrogens is 216 g/mol. The zero-order chi connectivity index (χ0) is 13.1. The van der Waals surface area contributed by atoms with Crippen LogP contribution in [0, 0.1) is 0 Å². The van der Waals surface area contributed by atoms with Crippen molar-refractivity contribution in [2.24, 2.45) is 0 Å². The van der Waals surface area contributed by atoms with E-state index in [2.05, 4.69) is 6.92 Å². The van der Waals surface area contributed by atoms with E-state index in [1.54, 1.807) is 7.11 Å². The Kier molecular flexibility index (Phi) is 8.68. The summed E-state index contributed by atoms with van der Waals surface area (Å²) >= 11 is 0. The van der Waals surface area contributed by atoms with Crippen LogP contribution in [0.25, 0.3) is 0 Å². The topological polar surface area (TPSA) is 49.7 Å². The van der Waals surface area contributed by atoms with Crippen molar-refractivity contribution in [2.75, 3.05) is 13.7 Å². The third-order valence-corrected chi connectivity index (χ3v) is 2.91. The Hall–Kier alpha value is -0.900. The van der Waals surface area contributed by atoms with Crippen molar-refractivity contribution in [1.82, 2.24) is 0 Å². The summed E-state index contributed by atoms with van der Waals surface area (Å²) in [5, 5.41) is 17.1. The van der Waals surface area contributed by atoms with Crippen molar-refractivity contribution in [2.45, 2.75) is 38.9 Å². The number of methoxy groups -OCH3 is 1. The van der Waals surface area contributed by atoms with Gasteiger partial charge in [0.2, 0.25) is 0 Å². The van der Waals surface area contributed by atoms with Gasteiger partial charge in [-0.3, -0.25) is 0 Å². The number of aliphatic hydroxyl groups excluding tert-OH is 2. The van der Waals surface area contributed by atoms with Gasteiger partial charge in [-0.2, -0.15) is 0 Å². The molecule has 0 heterocycles. The van der Waals surface area contributed by atoms with Gasteiger partial charge in [0, 0.05) is 13.7 Å². The van der Waals surface area contributed by atoms with Crippen LogP contribution in [0.3, 0.4) is 0 Å². The van der Waals surface area contributed by atoms with E-state index in [-0.39, 0.29) is 18.8 Å². The molecule has 0 spiro atoms. The second kappa shape index (κ2) is 9.16. The molecule has 0 amide bonds. The first kappa shape index (κ1) is 16.1. The average Bonchev–Trinajstić information content (AvgIpc) is 2.40. The minimum Gasteiger partial charge on any atom is -0.396 e. The van der Waals surface area contributed by atoms with Gasteiger partial charge in [-0.15, -0.1) is 0 Å². The van der Waals surface area contributed by atoms with E-state index in [1.807, 2.05) is 37.3 Å². The van der Waals surface area contributed by atoms with Gasteiger partial charge in [-0.25, -0.2) is 0 Å². The summed E-state index contributed by atoms with van der Waals surface area (Å²) in [7, 11) is 1.68. The van der Waals surface area contributed by atoms with Gasteiger partial charge < -0.3 is 14.9 Å². The molecule has 0 saturated heterocycles. The van der Waals surface area contributed by atoms with Gasteiger partial charge in [-0.1, -0.05) is 37.3 Å². The molecule has 0 aliphatic carbocycles. The first-order valence-electron chi connectivity index (χ1n) is 5.92. The fourth-order valence-corrected chi connectivity index (χ4v) is 1.24. The Morgan fingerprint density at radius 3 is 2.00 bits per heavy atom. The lowest BCUT2D eigenvalue weighted by Gasteiger charge is -2.25. The minimum atomic E-state index is -0.116. The highest BCUT2D eigenvalue weighted by atomic mass is 16.5. The Labute approximate surface area is 104 Å². The minimum absolute atomic E-state index is 0.116. The third-order valence-electron chi connectivity index (χ3n) is 2.91. The quantitative estimate of drug-likeness (QED) is 0.830. The molecule has 98 valence electrons. The molecule has 3 heteroatoms. The van der Waals surface area contributed by atoms with Crippen molar-refractivity contribution in [3.63, 3.8) is 0 Å². The molecule has 1 aromatic carbocycles. The summed E-state index contributed by atoms with van der Waals surface area (Å²) in [5.74, 6) is 0. The van der Waals surface area contributed by atoms with Crippen LogP contribution >= 0.6 is 0 Å². The highest BCUT2D eigenvalue weighted by Crippen LogP contribution is 2.17. The number of rotatable bonds is 5. The largest absolute Gasteiger partial charge is 0.396 e. The number of benzene rings is 1. The lowest BCUT2D eigenvalue weighted by molar-refractivity contribution is -0.0156. The summed E-state index contributed by atoms with van der Waals surface area (Å²) in [6.45, 7) is 4.40. The van der Waals surface area contributed by atoms with Gasteiger partial charge in [0.05, 0.1) is 12.2 Å². The fraction of sp³-hybridized carbons (Fsp3) is 0.571. The zero-order valence-corrected chi connectivity index (χ0v) is 11.0. The van der Waals surface area contributed by atoms with Crippen molar-refractivity contribution in [1.29, 1.82) is 0 Å². The van der Waals surface area contributed by atoms with Crippen LogP contribution in [-0.4, -0.2) is 29.5 Å². The molecule has 0 saturated carbocycles. The SMILES string of the molecule is CCC(C)(CCO)OC.OCc1ccccc1. The lowest BCUT2D eigenvalue weighted by Crippen LogP contribution is -2.27. The van der Waals surface area contributed by atoms with Crippen LogP contribution in [0.2, 0.25) is 0 Å². The van der Waals surface area contributed by atoms with E-state index < -0.39 is 0 Å². The van der Waals surface area contributed by atoms with Crippen LogP contribution in [-0.2, 0) is 11.3 Å². The highest BCUT2D eigenvalue weighted by molar-refractivity contribution is 5.12. The maximum absolute atomic E-state index is 8.58. The molecule has 0 aliphatic heterocycles. The maximum Gasteiger partial charge on any atom is 0.0681 e. The molecular formula is C14H24O3. The number of ether oxygens (including phenoxy) is 1. The number of hydrogen-bond acceptors (Lipinski definition) is 3.